The molecule has 106 valence electrons. The molecule has 0 aromatic heterocycles. The van der Waals surface area contributed by atoms with Crippen molar-refractivity contribution in [1.29, 1.82) is 0 Å². The maximum atomic E-state index is 10.2. The Morgan fingerprint density at radius 2 is 0.722 bits per heavy atom. The van der Waals surface area contributed by atoms with Crippen LogP contribution in [0.3, 0.4) is 0 Å². The SMILES string of the molecule is O=S(=O)(O)F.OB(O)F.OB(O)F.OB(O)F.[LiH]. The third-order valence-corrected chi connectivity index (χ3v) is 0. The average molecular weight is 299 g/mol. The average Bonchev–Trinajstić information content (AvgIpc) is 1.73. The molecule has 0 atom stereocenters. The van der Waals surface area contributed by atoms with Crippen LogP contribution in [-0.4, -0.2) is 84.2 Å². The molecular weight excluding hydrogens is 291 g/mol. The topological polar surface area (TPSA) is 176 Å². The zero-order valence-corrected chi connectivity index (χ0v) is 8.42. The van der Waals surface area contributed by atoms with Crippen LogP contribution in [0, 0.1) is 0 Å². The van der Waals surface area contributed by atoms with Gasteiger partial charge >= 0.3 is 51.6 Å². The molecule has 0 radical (unpaired) electrons. The summed E-state index contributed by atoms with van der Waals surface area (Å²) in [6.07, 6.45) is 0. The van der Waals surface area contributed by atoms with Gasteiger partial charge in [-0.1, -0.05) is 3.89 Å². The van der Waals surface area contributed by atoms with Gasteiger partial charge in [0.1, 0.15) is 0 Å². The second-order valence-electron chi connectivity index (χ2n) is 1.34. The molecule has 0 amide bonds. The first-order valence-electron chi connectivity index (χ1n) is 2.87. The van der Waals surface area contributed by atoms with E-state index in [1.807, 2.05) is 0 Å². The van der Waals surface area contributed by atoms with Crippen LogP contribution in [0.5, 0.6) is 0 Å². The number of hydrogen-bond acceptors (Lipinski definition) is 8. The van der Waals surface area contributed by atoms with E-state index in [1.165, 1.54) is 0 Å². The van der Waals surface area contributed by atoms with Gasteiger partial charge in [-0.25, -0.2) is 0 Å². The van der Waals surface area contributed by atoms with E-state index < -0.39 is 32.7 Å². The standard InChI is InChI=1S/3BFH2O2.FHO3S.Li.H/c3*2-1(3)4;1-5(2,3)4;;/h3*3-4H;(H,2,3,4);;. The Hall–Kier alpha value is 0.182. The number of rotatable bonds is 0. The minimum absolute atomic E-state index is 0. The molecular formula is H8B3F4LiO9S. The summed E-state index contributed by atoms with van der Waals surface area (Å²) in [5, 5.41) is 41.7. The van der Waals surface area contributed by atoms with Gasteiger partial charge in [0.25, 0.3) is 0 Å². The fraction of sp³-hybridized carbons (Fsp3) is 0. The summed E-state index contributed by atoms with van der Waals surface area (Å²) in [4.78, 5) is 0. The van der Waals surface area contributed by atoms with Gasteiger partial charge in [0.2, 0.25) is 0 Å². The quantitative estimate of drug-likeness (QED) is 0.101. The van der Waals surface area contributed by atoms with Crippen LogP contribution >= 0.6 is 0 Å². The first-order valence-corrected chi connectivity index (χ1v) is 4.21. The summed E-state index contributed by atoms with van der Waals surface area (Å²) in [6.45, 7) is 0. The van der Waals surface area contributed by atoms with Crippen molar-refractivity contribution in [2.75, 3.05) is 0 Å². The number of halogens is 4. The van der Waals surface area contributed by atoms with Gasteiger partial charge in [0.15, 0.2) is 0 Å². The molecule has 0 aliphatic heterocycles. The third-order valence-electron chi connectivity index (χ3n) is 0. The van der Waals surface area contributed by atoms with Crippen molar-refractivity contribution in [1.82, 2.24) is 0 Å². The van der Waals surface area contributed by atoms with Crippen LogP contribution < -0.4 is 0 Å². The molecule has 18 heavy (non-hydrogen) atoms. The Bertz CT molecular complexity index is 191. The van der Waals surface area contributed by atoms with Crippen LogP contribution in [0.4, 0.5) is 16.8 Å². The van der Waals surface area contributed by atoms with Crippen LogP contribution in [0.15, 0.2) is 0 Å². The second-order valence-corrected chi connectivity index (χ2v) is 2.17. The van der Waals surface area contributed by atoms with Crippen molar-refractivity contribution in [3.05, 3.63) is 0 Å². The summed E-state index contributed by atoms with van der Waals surface area (Å²) in [7, 11) is -13.2. The molecule has 0 bridgehead atoms. The van der Waals surface area contributed by atoms with E-state index in [1.54, 1.807) is 0 Å². The predicted molar refractivity (Wildman–Crippen MR) is 53.7 cm³/mol. The summed E-state index contributed by atoms with van der Waals surface area (Å²) in [5.41, 5.74) is 0. The van der Waals surface area contributed by atoms with Crippen LogP contribution in [0.2, 0.25) is 0 Å². The fourth-order valence-corrected chi connectivity index (χ4v) is 0. The van der Waals surface area contributed by atoms with E-state index in [2.05, 4.69) is 0 Å². The Kier molecular flexibility index (Phi) is 33.5. The summed E-state index contributed by atoms with van der Waals surface area (Å²) in [6, 6.07) is 0. The molecule has 18 heteroatoms. The molecule has 0 heterocycles. The Morgan fingerprint density at radius 3 is 0.722 bits per heavy atom. The van der Waals surface area contributed by atoms with E-state index in [0.29, 0.717) is 0 Å². The van der Waals surface area contributed by atoms with Crippen molar-refractivity contribution in [3.8, 4) is 0 Å². The molecule has 0 saturated heterocycles. The first kappa shape index (κ1) is 30.9. The fourth-order valence-electron chi connectivity index (χ4n) is 0. The molecule has 9 nitrogen and oxygen atoms in total. The van der Waals surface area contributed by atoms with E-state index in [-0.39, 0.29) is 18.9 Å². The monoisotopic (exact) mass is 300 g/mol. The minimum atomic E-state index is -5.17. The van der Waals surface area contributed by atoms with Gasteiger partial charge in [-0.3, -0.25) is 17.5 Å². The zero-order valence-electron chi connectivity index (χ0n) is 7.60. The summed E-state index contributed by atoms with van der Waals surface area (Å²) >= 11 is 0. The molecule has 0 aliphatic rings. The molecule has 0 rings (SSSR count). The summed E-state index contributed by atoms with van der Waals surface area (Å²) in [5.74, 6) is 0. The Morgan fingerprint density at radius 1 is 0.722 bits per heavy atom. The van der Waals surface area contributed by atoms with Gasteiger partial charge in [-0.05, 0) is 0 Å². The van der Waals surface area contributed by atoms with Gasteiger partial charge in [0, 0.05) is 0 Å². The molecule has 7 N–H and O–H groups in total. The molecule has 0 saturated carbocycles. The van der Waals surface area contributed by atoms with Crippen molar-refractivity contribution < 1.29 is 59.9 Å². The maximum absolute atomic E-state index is 10.2. The first-order chi connectivity index (χ1) is 7.20. The van der Waals surface area contributed by atoms with Gasteiger partial charge < -0.3 is 30.1 Å². The van der Waals surface area contributed by atoms with Crippen molar-refractivity contribution in [2.24, 2.45) is 0 Å². The predicted octanol–water partition coefficient (Wildman–Crippen LogP) is -4.11. The number of hydrogen-bond donors (Lipinski definition) is 7. The van der Waals surface area contributed by atoms with Crippen molar-refractivity contribution in [2.45, 2.75) is 0 Å². The molecule has 0 aliphatic carbocycles. The Labute approximate surface area is 112 Å². The molecule has 0 unspecified atom stereocenters. The zero-order chi connectivity index (χ0) is 15.2. The Balaban J connectivity index is -0.0000000412. The summed E-state index contributed by atoms with van der Waals surface area (Å²) < 4.78 is 64.4. The van der Waals surface area contributed by atoms with Crippen molar-refractivity contribution >= 4 is 51.6 Å². The van der Waals surface area contributed by atoms with Gasteiger partial charge in [-0.15, -0.1) is 0 Å². The molecule has 0 aromatic carbocycles. The van der Waals surface area contributed by atoms with E-state index in [9.17, 15) is 16.8 Å². The molecule has 0 aromatic rings. The van der Waals surface area contributed by atoms with Gasteiger partial charge in [0.05, 0.1) is 0 Å². The molecule has 0 spiro atoms. The van der Waals surface area contributed by atoms with Crippen LogP contribution in [0.1, 0.15) is 0 Å². The van der Waals surface area contributed by atoms with E-state index in [0.717, 1.165) is 0 Å². The van der Waals surface area contributed by atoms with E-state index >= 15 is 0 Å². The molecule has 0 fully saturated rings. The van der Waals surface area contributed by atoms with E-state index in [4.69, 9.17) is 43.1 Å². The van der Waals surface area contributed by atoms with Gasteiger partial charge in [-0.2, -0.15) is 8.42 Å². The second kappa shape index (κ2) is 19.5. The van der Waals surface area contributed by atoms with Crippen molar-refractivity contribution in [3.63, 3.8) is 0 Å². The van der Waals surface area contributed by atoms with Crippen LogP contribution in [-0.2, 0) is 10.5 Å². The normalized spacial score (nSPS) is 7.72. The third kappa shape index (κ3) is 112000. The van der Waals surface area contributed by atoms with Crippen LogP contribution in [0.25, 0.3) is 0 Å².